The summed E-state index contributed by atoms with van der Waals surface area (Å²) in [5.74, 6) is 0.536. The van der Waals surface area contributed by atoms with Gasteiger partial charge in [0.2, 0.25) is 0 Å². The van der Waals surface area contributed by atoms with Crippen molar-refractivity contribution in [2.45, 2.75) is 18.6 Å². The summed E-state index contributed by atoms with van der Waals surface area (Å²) in [6.07, 6.45) is -0.110. The predicted molar refractivity (Wildman–Crippen MR) is 90.0 cm³/mol. The van der Waals surface area contributed by atoms with Crippen LogP contribution in [0, 0.1) is 5.82 Å². The predicted octanol–water partition coefficient (Wildman–Crippen LogP) is 2.55. The average molecular weight is 345 g/mol. The third-order valence-corrected chi connectivity index (χ3v) is 4.25. The Balaban J connectivity index is 1.69. The van der Waals surface area contributed by atoms with Gasteiger partial charge in [0.15, 0.2) is 6.61 Å². The number of likely N-dealkylation sites (tertiary alicyclic amines) is 1. The smallest absolute Gasteiger partial charge is 0.261 e. The quantitative estimate of drug-likeness (QED) is 0.905. The Morgan fingerprint density at radius 2 is 2.00 bits per heavy atom. The van der Waals surface area contributed by atoms with Gasteiger partial charge in [0.05, 0.1) is 19.3 Å². The van der Waals surface area contributed by atoms with Crippen molar-refractivity contribution in [2.75, 3.05) is 20.3 Å². The molecule has 0 aliphatic carbocycles. The summed E-state index contributed by atoms with van der Waals surface area (Å²) < 4.78 is 23.6. The number of carbonyl (C=O) groups excluding carboxylic acids is 1. The van der Waals surface area contributed by atoms with Crippen LogP contribution in [0.2, 0.25) is 0 Å². The van der Waals surface area contributed by atoms with E-state index in [0.29, 0.717) is 17.9 Å². The molecule has 1 N–H and O–H groups in total. The van der Waals surface area contributed by atoms with Gasteiger partial charge in [-0.25, -0.2) is 4.39 Å². The molecule has 0 aromatic heterocycles. The molecule has 0 radical (unpaired) electrons. The van der Waals surface area contributed by atoms with Crippen LogP contribution < -0.4 is 9.47 Å². The van der Waals surface area contributed by atoms with Gasteiger partial charge in [-0.2, -0.15) is 0 Å². The number of hydrogen-bond acceptors (Lipinski definition) is 4. The topological polar surface area (TPSA) is 59.0 Å². The minimum atomic E-state index is -0.578. The van der Waals surface area contributed by atoms with E-state index in [0.717, 1.165) is 5.56 Å². The molecule has 1 amide bonds. The van der Waals surface area contributed by atoms with Gasteiger partial charge >= 0.3 is 0 Å². The highest BCUT2D eigenvalue weighted by Crippen LogP contribution is 2.33. The lowest BCUT2D eigenvalue weighted by molar-refractivity contribution is -0.134. The van der Waals surface area contributed by atoms with Gasteiger partial charge in [-0.3, -0.25) is 4.79 Å². The maximum Gasteiger partial charge on any atom is 0.261 e. The molecule has 132 valence electrons. The molecule has 3 rings (SSSR count). The number of halogens is 1. The maximum atomic E-state index is 12.9. The van der Waals surface area contributed by atoms with E-state index in [1.165, 1.54) is 24.3 Å². The number of methoxy groups -OCH3 is 1. The van der Waals surface area contributed by atoms with Crippen molar-refractivity contribution in [1.82, 2.24) is 4.90 Å². The molecular weight excluding hydrogens is 325 g/mol. The van der Waals surface area contributed by atoms with Gasteiger partial charge in [0.25, 0.3) is 5.91 Å². The maximum absolute atomic E-state index is 12.9. The number of ether oxygens (including phenoxy) is 2. The third kappa shape index (κ3) is 4.09. The molecule has 1 aliphatic heterocycles. The molecule has 25 heavy (non-hydrogen) atoms. The number of β-amino-alcohol motifs (C(OH)–C–C–N with tert-alkyl or cyclic N) is 1. The van der Waals surface area contributed by atoms with Crippen LogP contribution >= 0.6 is 0 Å². The van der Waals surface area contributed by atoms with E-state index in [1.807, 2.05) is 24.3 Å². The fraction of sp³-hybridized carbons (Fsp3) is 0.316. The van der Waals surface area contributed by atoms with E-state index in [4.69, 9.17) is 9.47 Å². The normalized spacial score (nSPS) is 19.7. The molecule has 1 aliphatic rings. The van der Waals surface area contributed by atoms with Crippen LogP contribution in [0.1, 0.15) is 18.0 Å². The average Bonchev–Trinajstić information content (AvgIpc) is 3.03. The van der Waals surface area contributed by atoms with Crippen molar-refractivity contribution in [3.05, 3.63) is 59.9 Å². The van der Waals surface area contributed by atoms with Crippen LogP contribution in [0.25, 0.3) is 0 Å². The van der Waals surface area contributed by atoms with E-state index in [1.54, 1.807) is 12.0 Å². The fourth-order valence-corrected chi connectivity index (χ4v) is 3.01. The highest BCUT2D eigenvalue weighted by atomic mass is 19.1. The zero-order valence-electron chi connectivity index (χ0n) is 13.9. The van der Waals surface area contributed by atoms with Crippen molar-refractivity contribution in [3.63, 3.8) is 0 Å². The van der Waals surface area contributed by atoms with Crippen molar-refractivity contribution in [1.29, 1.82) is 0 Å². The Morgan fingerprint density at radius 1 is 1.24 bits per heavy atom. The second-order valence-corrected chi connectivity index (χ2v) is 5.97. The lowest BCUT2D eigenvalue weighted by Crippen LogP contribution is -2.35. The number of aliphatic hydroxyl groups is 1. The lowest BCUT2D eigenvalue weighted by Gasteiger charge is -2.25. The first-order chi connectivity index (χ1) is 12.1. The lowest BCUT2D eigenvalue weighted by atomic mass is 10.0. The van der Waals surface area contributed by atoms with E-state index in [-0.39, 0.29) is 30.9 Å². The van der Waals surface area contributed by atoms with E-state index in [2.05, 4.69) is 0 Å². The number of carbonyl (C=O) groups is 1. The zero-order chi connectivity index (χ0) is 17.8. The molecule has 0 bridgehead atoms. The minimum absolute atomic E-state index is 0.168. The second kappa shape index (κ2) is 7.53. The molecule has 0 unspecified atom stereocenters. The monoisotopic (exact) mass is 345 g/mol. The van der Waals surface area contributed by atoms with Crippen LogP contribution in [-0.2, 0) is 4.79 Å². The van der Waals surface area contributed by atoms with Gasteiger partial charge in [-0.1, -0.05) is 12.1 Å². The number of hydrogen-bond donors (Lipinski definition) is 1. The summed E-state index contributed by atoms with van der Waals surface area (Å²) in [6.45, 7) is 0.0896. The Labute approximate surface area is 145 Å². The summed E-state index contributed by atoms with van der Waals surface area (Å²) in [5, 5.41) is 10.0. The van der Waals surface area contributed by atoms with Crippen LogP contribution in [0.3, 0.4) is 0 Å². The van der Waals surface area contributed by atoms with Gasteiger partial charge in [-0.05, 0) is 48.4 Å². The first-order valence-corrected chi connectivity index (χ1v) is 8.06. The Hall–Kier alpha value is -2.60. The van der Waals surface area contributed by atoms with Crippen molar-refractivity contribution in [3.8, 4) is 11.5 Å². The summed E-state index contributed by atoms with van der Waals surface area (Å²) in [6, 6.07) is 12.7. The molecule has 2 aromatic carbocycles. The number of benzene rings is 2. The molecular formula is C19H20FNO4. The molecule has 0 spiro atoms. The van der Waals surface area contributed by atoms with Gasteiger partial charge in [0.1, 0.15) is 17.3 Å². The van der Waals surface area contributed by atoms with Crippen LogP contribution in [0.4, 0.5) is 4.39 Å². The zero-order valence-corrected chi connectivity index (χ0v) is 13.9. The van der Waals surface area contributed by atoms with E-state index < -0.39 is 6.10 Å². The van der Waals surface area contributed by atoms with Crippen molar-refractivity contribution in [2.24, 2.45) is 0 Å². The number of aliphatic hydroxyl groups excluding tert-OH is 1. The second-order valence-electron chi connectivity index (χ2n) is 5.97. The van der Waals surface area contributed by atoms with Crippen LogP contribution in [0.15, 0.2) is 48.5 Å². The van der Waals surface area contributed by atoms with Crippen LogP contribution in [-0.4, -0.2) is 42.3 Å². The Bertz CT molecular complexity index is 734. The van der Waals surface area contributed by atoms with Crippen LogP contribution in [0.5, 0.6) is 11.5 Å². The number of rotatable bonds is 5. The molecule has 1 saturated heterocycles. The summed E-state index contributed by atoms with van der Waals surface area (Å²) in [7, 11) is 1.59. The number of nitrogens with zero attached hydrogens (tertiary/aromatic N) is 1. The highest BCUT2D eigenvalue weighted by Gasteiger charge is 2.35. The Morgan fingerprint density at radius 3 is 2.72 bits per heavy atom. The fourth-order valence-electron chi connectivity index (χ4n) is 3.01. The van der Waals surface area contributed by atoms with Crippen molar-refractivity contribution >= 4 is 5.91 Å². The largest absolute Gasteiger partial charge is 0.497 e. The SMILES string of the molecule is COc1cccc([C@@H]2C[C@@H](O)CN2C(=O)COc2ccc(F)cc2)c1. The third-order valence-electron chi connectivity index (χ3n) is 4.25. The van der Waals surface area contributed by atoms with Gasteiger partial charge in [0, 0.05) is 6.54 Å². The first kappa shape index (κ1) is 17.2. The van der Waals surface area contributed by atoms with Gasteiger partial charge in [-0.15, -0.1) is 0 Å². The minimum Gasteiger partial charge on any atom is -0.497 e. The van der Waals surface area contributed by atoms with Gasteiger partial charge < -0.3 is 19.5 Å². The summed E-state index contributed by atoms with van der Waals surface area (Å²) in [4.78, 5) is 14.2. The van der Waals surface area contributed by atoms with E-state index in [9.17, 15) is 14.3 Å². The Kier molecular flexibility index (Phi) is 5.19. The first-order valence-electron chi connectivity index (χ1n) is 8.06. The molecule has 2 aromatic rings. The van der Waals surface area contributed by atoms with E-state index >= 15 is 0 Å². The molecule has 6 heteroatoms. The highest BCUT2D eigenvalue weighted by molar-refractivity contribution is 5.78. The summed E-state index contributed by atoms with van der Waals surface area (Å²) >= 11 is 0. The molecule has 0 saturated carbocycles. The van der Waals surface area contributed by atoms with Crippen molar-refractivity contribution < 1.29 is 23.8 Å². The molecule has 1 fully saturated rings. The molecule has 1 heterocycles. The molecule has 5 nitrogen and oxygen atoms in total. The molecule has 2 atom stereocenters. The standard InChI is InChI=1S/C19H20FNO4/c1-24-17-4-2-3-13(9-17)18-10-15(22)11-21(18)19(23)12-25-16-7-5-14(20)6-8-16/h2-9,15,18,22H,10-12H2,1H3/t15-,18+/m1/s1. The number of amides is 1. The summed E-state index contributed by atoms with van der Waals surface area (Å²) in [5.41, 5.74) is 0.908.